The fraction of sp³-hybridized carbons (Fsp3) is 0.185. The predicted molar refractivity (Wildman–Crippen MR) is 147 cm³/mol. The summed E-state index contributed by atoms with van der Waals surface area (Å²) < 4.78 is 17.0. The molecule has 3 aromatic rings. The van der Waals surface area contributed by atoms with Crippen molar-refractivity contribution in [1.82, 2.24) is 10.7 Å². The standard InChI is InChI=1S/C27H27BrN4O6/c1-17-12-20(7-10-22(17)28)31-25(33)16-38-23-11-6-19(13-24(23)37-3)15-30-32-27(35)26(34)29-14-18-4-8-21(36-2)9-5-18/h4-13,15H,14,16H2,1-3H3,(H,29,34)(H,31,33)(H,32,35)/b30-15-. The van der Waals surface area contributed by atoms with Crippen LogP contribution in [0, 0.1) is 6.92 Å². The van der Waals surface area contributed by atoms with E-state index in [1.165, 1.54) is 13.3 Å². The van der Waals surface area contributed by atoms with Gasteiger partial charge in [0.1, 0.15) is 5.75 Å². The molecule has 3 amide bonds. The van der Waals surface area contributed by atoms with E-state index in [1.54, 1.807) is 55.6 Å². The third-order valence-corrected chi connectivity index (χ3v) is 6.08. The molecule has 0 aromatic heterocycles. The number of carbonyl (C=O) groups is 3. The molecule has 0 aliphatic carbocycles. The zero-order chi connectivity index (χ0) is 27.5. The van der Waals surface area contributed by atoms with Crippen molar-refractivity contribution in [1.29, 1.82) is 0 Å². The zero-order valence-electron chi connectivity index (χ0n) is 21.0. The quantitative estimate of drug-likeness (QED) is 0.190. The second kappa shape index (κ2) is 13.8. The van der Waals surface area contributed by atoms with Crippen LogP contribution in [0.25, 0.3) is 0 Å². The molecule has 198 valence electrons. The number of halogens is 1. The van der Waals surface area contributed by atoms with Crippen molar-refractivity contribution in [3.05, 3.63) is 81.8 Å². The van der Waals surface area contributed by atoms with Gasteiger partial charge in [-0.05, 0) is 72.1 Å². The Bertz CT molecular complexity index is 1330. The number of rotatable bonds is 10. The smallest absolute Gasteiger partial charge is 0.329 e. The van der Waals surface area contributed by atoms with Crippen LogP contribution in [0.1, 0.15) is 16.7 Å². The van der Waals surface area contributed by atoms with Crippen molar-refractivity contribution in [3.8, 4) is 17.2 Å². The molecule has 3 N–H and O–H groups in total. The molecule has 3 aromatic carbocycles. The number of anilines is 1. The molecule has 0 fully saturated rings. The number of amides is 3. The van der Waals surface area contributed by atoms with Crippen LogP contribution in [0.2, 0.25) is 0 Å². The van der Waals surface area contributed by atoms with Crippen LogP contribution >= 0.6 is 15.9 Å². The lowest BCUT2D eigenvalue weighted by atomic mass is 10.2. The lowest BCUT2D eigenvalue weighted by Crippen LogP contribution is -2.37. The molecular formula is C27H27BrN4O6. The van der Waals surface area contributed by atoms with Crippen LogP contribution < -0.4 is 30.3 Å². The number of hydrogen-bond donors (Lipinski definition) is 3. The second-order valence-corrected chi connectivity index (χ2v) is 8.80. The Morgan fingerprint density at radius 1 is 0.921 bits per heavy atom. The van der Waals surface area contributed by atoms with E-state index in [2.05, 4.69) is 37.1 Å². The lowest BCUT2D eigenvalue weighted by Gasteiger charge is -2.12. The van der Waals surface area contributed by atoms with Gasteiger partial charge < -0.3 is 24.8 Å². The minimum Gasteiger partial charge on any atom is -0.497 e. The maximum Gasteiger partial charge on any atom is 0.329 e. The number of methoxy groups -OCH3 is 2. The molecule has 0 aliphatic heterocycles. The summed E-state index contributed by atoms with van der Waals surface area (Å²) in [6.07, 6.45) is 1.35. The molecule has 11 heteroatoms. The summed E-state index contributed by atoms with van der Waals surface area (Å²) in [5.41, 5.74) is 5.22. The first-order valence-electron chi connectivity index (χ1n) is 11.4. The minimum absolute atomic E-state index is 0.180. The highest BCUT2D eigenvalue weighted by molar-refractivity contribution is 9.10. The highest BCUT2D eigenvalue weighted by Gasteiger charge is 2.13. The molecule has 0 atom stereocenters. The fourth-order valence-electron chi connectivity index (χ4n) is 3.17. The average molecular weight is 583 g/mol. The van der Waals surface area contributed by atoms with Crippen molar-refractivity contribution in [2.24, 2.45) is 5.10 Å². The molecule has 3 rings (SSSR count). The van der Waals surface area contributed by atoms with Crippen LogP contribution in [0.15, 0.2) is 70.2 Å². The molecule has 0 radical (unpaired) electrons. The van der Waals surface area contributed by atoms with Crippen molar-refractivity contribution in [2.45, 2.75) is 13.5 Å². The zero-order valence-corrected chi connectivity index (χ0v) is 22.6. The van der Waals surface area contributed by atoms with E-state index >= 15 is 0 Å². The van der Waals surface area contributed by atoms with Gasteiger partial charge in [0, 0.05) is 16.7 Å². The van der Waals surface area contributed by atoms with Crippen LogP contribution in [0.4, 0.5) is 5.69 Å². The summed E-state index contributed by atoms with van der Waals surface area (Å²) in [4.78, 5) is 36.3. The molecule has 0 saturated carbocycles. The lowest BCUT2D eigenvalue weighted by molar-refractivity contribution is -0.139. The number of hydrazone groups is 1. The molecule has 0 unspecified atom stereocenters. The van der Waals surface area contributed by atoms with E-state index in [0.717, 1.165) is 15.6 Å². The molecule has 38 heavy (non-hydrogen) atoms. The summed E-state index contributed by atoms with van der Waals surface area (Å²) in [5, 5.41) is 9.11. The Morgan fingerprint density at radius 3 is 2.37 bits per heavy atom. The third kappa shape index (κ3) is 8.34. The van der Waals surface area contributed by atoms with Gasteiger partial charge in [-0.2, -0.15) is 5.10 Å². The Balaban J connectivity index is 1.48. The predicted octanol–water partition coefficient (Wildman–Crippen LogP) is 3.56. The van der Waals surface area contributed by atoms with Crippen LogP contribution in [0.3, 0.4) is 0 Å². The largest absolute Gasteiger partial charge is 0.497 e. The monoisotopic (exact) mass is 582 g/mol. The van der Waals surface area contributed by atoms with Gasteiger partial charge in [0.15, 0.2) is 18.1 Å². The number of nitrogens with one attached hydrogen (secondary N) is 3. The Kier molecular flexibility index (Phi) is 10.2. The van der Waals surface area contributed by atoms with Crippen molar-refractivity contribution in [2.75, 3.05) is 26.1 Å². The number of nitrogens with zero attached hydrogens (tertiary/aromatic N) is 1. The van der Waals surface area contributed by atoms with E-state index in [4.69, 9.17) is 14.2 Å². The molecule has 0 heterocycles. The van der Waals surface area contributed by atoms with E-state index in [1.807, 2.05) is 19.1 Å². The summed E-state index contributed by atoms with van der Waals surface area (Å²) in [7, 11) is 3.02. The summed E-state index contributed by atoms with van der Waals surface area (Å²) in [6.45, 7) is 1.89. The van der Waals surface area contributed by atoms with Gasteiger partial charge in [0.2, 0.25) is 0 Å². The van der Waals surface area contributed by atoms with E-state index in [9.17, 15) is 14.4 Å². The molecular weight excluding hydrogens is 556 g/mol. The van der Waals surface area contributed by atoms with Crippen molar-refractivity contribution < 1.29 is 28.6 Å². The second-order valence-electron chi connectivity index (χ2n) is 7.94. The van der Waals surface area contributed by atoms with Gasteiger partial charge >= 0.3 is 11.8 Å². The van der Waals surface area contributed by atoms with Crippen LogP contribution in [0.5, 0.6) is 17.2 Å². The minimum atomic E-state index is -0.909. The van der Waals surface area contributed by atoms with E-state index in [0.29, 0.717) is 28.5 Å². The number of hydrogen-bond acceptors (Lipinski definition) is 7. The highest BCUT2D eigenvalue weighted by Crippen LogP contribution is 2.27. The average Bonchev–Trinajstić information content (AvgIpc) is 2.93. The van der Waals surface area contributed by atoms with Gasteiger partial charge in [-0.25, -0.2) is 5.43 Å². The highest BCUT2D eigenvalue weighted by atomic mass is 79.9. The first-order chi connectivity index (χ1) is 18.3. The Labute approximate surface area is 228 Å². The molecule has 0 bridgehead atoms. The Hall–Kier alpha value is -4.38. The number of carbonyl (C=O) groups excluding carboxylic acids is 3. The SMILES string of the molecule is COc1ccc(CNC(=O)C(=O)N/N=C\c2ccc(OCC(=O)Nc3ccc(Br)c(C)c3)c(OC)c2)cc1. The van der Waals surface area contributed by atoms with Gasteiger partial charge in [0.25, 0.3) is 5.91 Å². The first-order valence-corrected chi connectivity index (χ1v) is 12.2. The topological polar surface area (TPSA) is 127 Å². The van der Waals surface area contributed by atoms with Gasteiger partial charge in [-0.3, -0.25) is 14.4 Å². The first kappa shape index (κ1) is 28.2. The van der Waals surface area contributed by atoms with Crippen molar-refractivity contribution in [3.63, 3.8) is 0 Å². The fourth-order valence-corrected chi connectivity index (χ4v) is 3.42. The number of benzene rings is 3. The van der Waals surface area contributed by atoms with E-state index in [-0.39, 0.29) is 19.1 Å². The third-order valence-electron chi connectivity index (χ3n) is 5.19. The summed E-state index contributed by atoms with van der Waals surface area (Å²) in [6, 6.07) is 17.5. The molecule has 0 saturated heterocycles. The van der Waals surface area contributed by atoms with Crippen LogP contribution in [-0.2, 0) is 20.9 Å². The van der Waals surface area contributed by atoms with Crippen molar-refractivity contribution >= 4 is 45.6 Å². The summed E-state index contributed by atoms with van der Waals surface area (Å²) >= 11 is 3.42. The number of ether oxygens (including phenoxy) is 3. The molecule has 10 nitrogen and oxygen atoms in total. The number of aryl methyl sites for hydroxylation is 1. The normalized spacial score (nSPS) is 10.5. The maximum atomic E-state index is 12.3. The maximum absolute atomic E-state index is 12.3. The molecule has 0 spiro atoms. The van der Waals surface area contributed by atoms with Crippen LogP contribution in [-0.4, -0.2) is 44.8 Å². The molecule has 0 aliphatic rings. The van der Waals surface area contributed by atoms with Gasteiger partial charge in [-0.15, -0.1) is 0 Å². The van der Waals surface area contributed by atoms with E-state index < -0.39 is 11.8 Å². The Morgan fingerprint density at radius 2 is 1.68 bits per heavy atom. The van der Waals surface area contributed by atoms with Gasteiger partial charge in [0.05, 0.1) is 20.4 Å². The summed E-state index contributed by atoms with van der Waals surface area (Å²) in [5.74, 6) is -0.642. The van der Waals surface area contributed by atoms with Gasteiger partial charge in [-0.1, -0.05) is 28.1 Å².